The first kappa shape index (κ1) is 12.0. The first-order chi connectivity index (χ1) is 6.70. The van der Waals surface area contributed by atoms with Crippen LogP contribution in [0.2, 0.25) is 0 Å². The highest BCUT2D eigenvalue weighted by atomic mass is 16.5. The molecule has 0 aromatic carbocycles. The van der Waals surface area contributed by atoms with E-state index in [0.717, 1.165) is 19.1 Å². The Balaban J connectivity index is 2.41. The van der Waals surface area contributed by atoms with Crippen LogP contribution in [0.5, 0.6) is 0 Å². The Morgan fingerprint density at radius 2 is 2.14 bits per heavy atom. The van der Waals surface area contributed by atoms with Gasteiger partial charge >= 0.3 is 0 Å². The predicted octanol–water partition coefficient (Wildman–Crippen LogP) is 1.08. The van der Waals surface area contributed by atoms with Gasteiger partial charge in [-0.3, -0.25) is 4.90 Å². The third kappa shape index (κ3) is 2.69. The number of hydrogen-bond donors (Lipinski definition) is 1. The monoisotopic (exact) mass is 200 g/mol. The van der Waals surface area contributed by atoms with Gasteiger partial charge in [0, 0.05) is 25.7 Å². The van der Waals surface area contributed by atoms with Crippen molar-refractivity contribution in [1.29, 1.82) is 0 Å². The minimum atomic E-state index is 0.467. The molecule has 1 aliphatic carbocycles. The predicted molar refractivity (Wildman–Crippen MR) is 59.3 cm³/mol. The first-order valence-corrected chi connectivity index (χ1v) is 5.61. The SMILES string of the molecule is COCC(C)N(C)C(CN)C1CCC1. The fourth-order valence-electron chi connectivity index (χ4n) is 2.20. The van der Waals surface area contributed by atoms with E-state index in [4.69, 9.17) is 10.5 Å². The molecule has 3 nitrogen and oxygen atoms in total. The fraction of sp³-hybridized carbons (Fsp3) is 1.00. The fourth-order valence-corrected chi connectivity index (χ4v) is 2.20. The van der Waals surface area contributed by atoms with Gasteiger partial charge in [-0.2, -0.15) is 0 Å². The highest BCUT2D eigenvalue weighted by molar-refractivity contribution is 4.86. The zero-order valence-electron chi connectivity index (χ0n) is 9.70. The van der Waals surface area contributed by atoms with E-state index in [9.17, 15) is 0 Å². The average molecular weight is 200 g/mol. The van der Waals surface area contributed by atoms with Gasteiger partial charge in [-0.15, -0.1) is 0 Å². The van der Waals surface area contributed by atoms with E-state index in [1.54, 1.807) is 7.11 Å². The van der Waals surface area contributed by atoms with Crippen molar-refractivity contribution < 1.29 is 4.74 Å². The van der Waals surface area contributed by atoms with Crippen molar-refractivity contribution in [1.82, 2.24) is 4.90 Å². The summed E-state index contributed by atoms with van der Waals surface area (Å²) in [5, 5.41) is 0. The summed E-state index contributed by atoms with van der Waals surface area (Å²) in [6, 6.07) is 1.02. The summed E-state index contributed by atoms with van der Waals surface area (Å²) in [4.78, 5) is 2.38. The van der Waals surface area contributed by atoms with Crippen LogP contribution in [0.25, 0.3) is 0 Å². The molecular weight excluding hydrogens is 176 g/mol. The molecule has 0 heterocycles. The minimum absolute atomic E-state index is 0.467. The van der Waals surface area contributed by atoms with Gasteiger partial charge in [0.15, 0.2) is 0 Å². The lowest BCUT2D eigenvalue weighted by Crippen LogP contribution is -2.50. The zero-order chi connectivity index (χ0) is 10.6. The van der Waals surface area contributed by atoms with Crippen LogP contribution in [-0.4, -0.2) is 44.3 Å². The Morgan fingerprint density at radius 3 is 2.50 bits per heavy atom. The molecule has 0 aromatic heterocycles. The van der Waals surface area contributed by atoms with Crippen LogP contribution in [0.1, 0.15) is 26.2 Å². The zero-order valence-corrected chi connectivity index (χ0v) is 9.70. The van der Waals surface area contributed by atoms with Crippen LogP contribution >= 0.6 is 0 Å². The number of nitrogens with zero attached hydrogens (tertiary/aromatic N) is 1. The second kappa shape index (κ2) is 5.69. The van der Waals surface area contributed by atoms with Crippen molar-refractivity contribution in [3.63, 3.8) is 0 Å². The number of hydrogen-bond acceptors (Lipinski definition) is 3. The molecule has 1 fully saturated rings. The molecule has 0 aliphatic heterocycles. The highest BCUT2D eigenvalue weighted by Crippen LogP contribution is 2.31. The molecule has 0 spiro atoms. The summed E-state index contributed by atoms with van der Waals surface area (Å²) in [5.74, 6) is 0.823. The molecule has 0 radical (unpaired) electrons. The number of methoxy groups -OCH3 is 1. The molecule has 0 amide bonds. The smallest absolute Gasteiger partial charge is 0.0615 e. The van der Waals surface area contributed by atoms with Gasteiger partial charge in [-0.05, 0) is 32.7 Å². The summed E-state index contributed by atoms with van der Waals surface area (Å²) in [7, 11) is 3.92. The van der Waals surface area contributed by atoms with Gasteiger partial charge in [-0.1, -0.05) is 6.42 Å². The number of rotatable bonds is 6. The molecule has 1 rings (SSSR count). The van der Waals surface area contributed by atoms with Gasteiger partial charge in [0.1, 0.15) is 0 Å². The first-order valence-electron chi connectivity index (χ1n) is 5.61. The van der Waals surface area contributed by atoms with Gasteiger partial charge in [0.2, 0.25) is 0 Å². The van der Waals surface area contributed by atoms with Crippen molar-refractivity contribution in [2.45, 2.75) is 38.3 Å². The van der Waals surface area contributed by atoms with E-state index in [0.29, 0.717) is 12.1 Å². The van der Waals surface area contributed by atoms with Crippen LogP contribution < -0.4 is 5.73 Å². The van der Waals surface area contributed by atoms with Crippen LogP contribution in [-0.2, 0) is 4.74 Å². The normalized spacial score (nSPS) is 22.1. The molecule has 2 unspecified atom stereocenters. The van der Waals surface area contributed by atoms with Crippen molar-refractivity contribution in [3.05, 3.63) is 0 Å². The van der Waals surface area contributed by atoms with Gasteiger partial charge in [0.05, 0.1) is 6.61 Å². The van der Waals surface area contributed by atoms with E-state index < -0.39 is 0 Å². The van der Waals surface area contributed by atoms with Crippen molar-refractivity contribution in [3.8, 4) is 0 Å². The van der Waals surface area contributed by atoms with Gasteiger partial charge < -0.3 is 10.5 Å². The Labute approximate surface area is 87.6 Å². The Morgan fingerprint density at radius 1 is 1.50 bits per heavy atom. The van der Waals surface area contributed by atoms with E-state index in [1.165, 1.54) is 19.3 Å². The highest BCUT2D eigenvalue weighted by Gasteiger charge is 2.30. The van der Waals surface area contributed by atoms with Crippen molar-refractivity contribution in [2.24, 2.45) is 11.7 Å². The molecule has 2 atom stereocenters. The second-order valence-corrected chi connectivity index (χ2v) is 4.46. The number of nitrogens with two attached hydrogens (primary N) is 1. The Hall–Kier alpha value is -0.120. The molecule has 1 aliphatic rings. The molecule has 14 heavy (non-hydrogen) atoms. The molecule has 1 saturated carbocycles. The molecule has 0 bridgehead atoms. The number of likely N-dealkylation sites (N-methyl/N-ethyl adjacent to an activating group) is 1. The molecule has 0 aromatic rings. The lowest BCUT2D eigenvalue weighted by Gasteiger charge is -2.41. The maximum Gasteiger partial charge on any atom is 0.0615 e. The minimum Gasteiger partial charge on any atom is -0.383 e. The quantitative estimate of drug-likeness (QED) is 0.697. The standard InChI is InChI=1S/C11H24N2O/c1-9(8-14-3)13(2)11(7-12)10-5-4-6-10/h9-11H,4-8,12H2,1-3H3. The average Bonchev–Trinajstić information content (AvgIpc) is 2.10. The third-order valence-electron chi connectivity index (χ3n) is 3.56. The maximum atomic E-state index is 5.84. The topological polar surface area (TPSA) is 38.5 Å². The van der Waals surface area contributed by atoms with Crippen LogP contribution in [0.4, 0.5) is 0 Å². The summed E-state index contributed by atoms with van der Waals surface area (Å²) < 4.78 is 5.17. The molecule has 0 saturated heterocycles. The van der Waals surface area contributed by atoms with E-state index in [-0.39, 0.29) is 0 Å². The lowest BCUT2D eigenvalue weighted by atomic mass is 9.79. The third-order valence-corrected chi connectivity index (χ3v) is 3.56. The maximum absolute atomic E-state index is 5.84. The van der Waals surface area contributed by atoms with Crippen LogP contribution in [0.15, 0.2) is 0 Å². The Kier molecular flexibility index (Phi) is 4.85. The van der Waals surface area contributed by atoms with Crippen molar-refractivity contribution in [2.75, 3.05) is 27.3 Å². The molecule has 84 valence electrons. The number of ether oxygens (including phenoxy) is 1. The van der Waals surface area contributed by atoms with Crippen molar-refractivity contribution >= 4 is 0 Å². The molecular formula is C11H24N2O. The molecule has 3 heteroatoms. The van der Waals surface area contributed by atoms with Gasteiger partial charge in [0.25, 0.3) is 0 Å². The van der Waals surface area contributed by atoms with Crippen LogP contribution in [0, 0.1) is 5.92 Å². The summed E-state index contributed by atoms with van der Waals surface area (Å²) in [5.41, 5.74) is 5.84. The largest absolute Gasteiger partial charge is 0.383 e. The summed E-state index contributed by atoms with van der Waals surface area (Å²) >= 11 is 0. The molecule has 2 N–H and O–H groups in total. The van der Waals surface area contributed by atoms with Gasteiger partial charge in [-0.25, -0.2) is 0 Å². The summed E-state index contributed by atoms with van der Waals surface area (Å²) in [6.07, 6.45) is 4.09. The van der Waals surface area contributed by atoms with Crippen LogP contribution in [0.3, 0.4) is 0 Å². The second-order valence-electron chi connectivity index (χ2n) is 4.46. The summed E-state index contributed by atoms with van der Waals surface area (Å²) in [6.45, 7) is 3.76. The lowest BCUT2D eigenvalue weighted by molar-refractivity contribution is 0.0506. The van der Waals surface area contributed by atoms with E-state index in [1.807, 2.05) is 0 Å². The van der Waals surface area contributed by atoms with E-state index in [2.05, 4.69) is 18.9 Å². The van der Waals surface area contributed by atoms with E-state index >= 15 is 0 Å². The Bertz CT molecular complexity index is 159.